The van der Waals surface area contributed by atoms with Crippen LogP contribution in [0, 0.1) is 0 Å². The number of hydrogen-bond acceptors (Lipinski definition) is 3. The van der Waals surface area contributed by atoms with Crippen LogP contribution in [0.2, 0.25) is 0 Å². The second-order valence-electron chi connectivity index (χ2n) is 3.74. The Hall–Kier alpha value is -0.410. The first-order chi connectivity index (χ1) is 6.36. The van der Waals surface area contributed by atoms with E-state index in [1.54, 1.807) is 11.3 Å². The monoisotopic (exact) mass is 196 g/mol. The smallest absolute Gasteiger partial charge is 0.109 e. The highest BCUT2D eigenvalue weighted by molar-refractivity contribution is 7.09. The van der Waals surface area contributed by atoms with Crippen molar-refractivity contribution in [3.05, 3.63) is 16.6 Å². The molecule has 1 fully saturated rings. The van der Waals surface area contributed by atoms with Crippen LogP contribution in [-0.4, -0.2) is 11.0 Å². The van der Waals surface area contributed by atoms with Gasteiger partial charge < -0.3 is 5.32 Å². The molecular weight excluding hydrogens is 180 g/mol. The lowest BCUT2D eigenvalue weighted by molar-refractivity contribution is 0.460. The summed E-state index contributed by atoms with van der Waals surface area (Å²) in [4.78, 5) is 4.31. The number of aromatic nitrogens is 1. The van der Waals surface area contributed by atoms with Gasteiger partial charge in [0.05, 0.1) is 6.04 Å². The summed E-state index contributed by atoms with van der Waals surface area (Å²) in [7, 11) is 0. The Balaban J connectivity index is 1.87. The van der Waals surface area contributed by atoms with Gasteiger partial charge in [0.25, 0.3) is 0 Å². The Labute approximate surface area is 83.4 Å². The van der Waals surface area contributed by atoms with Crippen molar-refractivity contribution in [1.29, 1.82) is 0 Å². The van der Waals surface area contributed by atoms with Gasteiger partial charge in [0, 0.05) is 17.6 Å². The molecule has 1 aliphatic carbocycles. The molecule has 1 heterocycles. The first-order valence-corrected chi connectivity index (χ1v) is 5.89. The molecule has 1 unspecified atom stereocenters. The van der Waals surface area contributed by atoms with E-state index < -0.39 is 0 Å². The SMILES string of the molecule is CC(NC1CCCC1)c1nccs1. The average Bonchev–Trinajstić information content (AvgIpc) is 2.74. The summed E-state index contributed by atoms with van der Waals surface area (Å²) >= 11 is 1.74. The molecular formula is C10H16N2S. The molecule has 0 spiro atoms. The number of hydrogen-bond donors (Lipinski definition) is 1. The van der Waals surface area contributed by atoms with Crippen molar-refractivity contribution in [2.24, 2.45) is 0 Å². The van der Waals surface area contributed by atoms with Gasteiger partial charge in [-0.05, 0) is 19.8 Å². The zero-order valence-electron chi connectivity index (χ0n) is 7.99. The van der Waals surface area contributed by atoms with E-state index in [-0.39, 0.29) is 0 Å². The maximum Gasteiger partial charge on any atom is 0.109 e. The summed E-state index contributed by atoms with van der Waals surface area (Å²) in [5.74, 6) is 0. The van der Waals surface area contributed by atoms with Gasteiger partial charge in [-0.3, -0.25) is 0 Å². The molecule has 2 rings (SSSR count). The lowest BCUT2D eigenvalue weighted by Gasteiger charge is -2.16. The van der Waals surface area contributed by atoms with E-state index in [2.05, 4.69) is 17.2 Å². The van der Waals surface area contributed by atoms with Crippen molar-refractivity contribution in [3.8, 4) is 0 Å². The molecule has 3 heteroatoms. The van der Waals surface area contributed by atoms with Gasteiger partial charge in [-0.1, -0.05) is 12.8 Å². The molecule has 1 N–H and O–H groups in total. The molecule has 1 saturated carbocycles. The molecule has 1 atom stereocenters. The Morgan fingerprint density at radius 3 is 2.92 bits per heavy atom. The molecule has 1 aromatic rings. The average molecular weight is 196 g/mol. The molecule has 0 radical (unpaired) electrons. The molecule has 1 aliphatic rings. The molecule has 0 amide bonds. The van der Waals surface area contributed by atoms with Crippen LogP contribution in [0.15, 0.2) is 11.6 Å². The largest absolute Gasteiger partial charge is 0.305 e. The predicted octanol–water partition coefficient (Wildman–Crippen LogP) is 2.74. The van der Waals surface area contributed by atoms with Crippen molar-refractivity contribution < 1.29 is 0 Å². The normalized spacial score (nSPS) is 20.7. The highest BCUT2D eigenvalue weighted by Gasteiger charge is 2.18. The molecule has 0 saturated heterocycles. The Kier molecular flexibility index (Phi) is 2.96. The van der Waals surface area contributed by atoms with Crippen LogP contribution in [-0.2, 0) is 0 Å². The molecule has 2 nitrogen and oxygen atoms in total. The van der Waals surface area contributed by atoms with E-state index in [1.165, 1.54) is 30.7 Å². The number of nitrogens with zero attached hydrogens (tertiary/aromatic N) is 1. The van der Waals surface area contributed by atoms with Crippen molar-refractivity contribution in [2.45, 2.75) is 44.7 Å². The molecule has 1 aromatic heterocycles. The second-order valence-corrected chi connectivity index (χ2v) is 4.67. The van der Waals surface area contributed by atoms with Gasteiger partial charge in [-0.25, -0.2) is 4.98 Å². The van der Waals surface area contributed by atoms with Gasteiger partial charge in [0.15, 0.2) is 0 Å². The Morgan fingerprint density at radius 2 is 2.31 bits per heavy atom. The zero-order chi connectivity index (χ0) is 9.10. The minimum Gasteiger partial charge on any atom is -0.305 e. The highest BCUT2D eigenvalue weighted by atomic mass is 32.1. The van der Waals surface area contributed by atoms with E-state index >= 15 is 0 Å². The minimum atomic E-state index is 0.433. The molecule has 72 valence electrons. The van der Waals surface area contributed by atoms with E-state index in [0.717, 1.165) is 6.04 Å². The van der Waals surface area contributed by atoms with E-state index in [0.29, 0.717) is 6.04 Å². The first kappa shape index (κ1) is 9.16. The van der Waals surface area contributed by atoms with E-state index in [9.17, 15) is 0 Å². The third-order valence-electron chi connectivity index (χ3n) is 2.66. The van der Waals surface area contributed by atoms with E-state index in [4.69, 9.17) is 0 Å². The van der Waals surface area contributed by atoms with Crippen molar-refractivity contribution in [1.82, 2.24) is 10.3 Å². The van der Waals surface area contributed by atoms with Crippen molar-refractivity contribution >= 4 is 11.3 Å². The lowest BCUT2D eigenvalue weighted by atomic mass is 10.2. The van der Waals surface area contributed by atoms with Crippen molar-refractivity contribution in [2.75, 3.05) is 0 Å². The molecule has 0 aromatic carbocycles. The summed E-state index contributed by atoms with van der Waals surface area (Å²) in [6.45, 7) is 2.21. The van der Waals surface area contributed by atoms with Gasteiger partial charge in [0.2, 0.25) is 0 Å². The van der Waals surface area contributed by atoms with Gasteiger partial charge in [-0.2, -0.15) is 0 Å². The van der Waals surface area contributed by atoms with Crippen LogP contribution in [0.1, 0.15) is 43.7 Å². The van der Waals surface area contributed by atoms with E-state index in [1.807, 2.05) is 11.6 Å². The maximum absolute atomic E-state index is 4.31. The third kappa shape index (κ3) is 2.29. The molecule has 13 heavy (non-hydrogen) atoms. The standard InChI is InChI=1S/C10H16N2S/c1-8(10-11-6-7-13-10)12-9-4-2-3-5-9/h6-9,12H,2-5H2,1H3. The molecule has 0 aliphatic heterocycles. The number of nitrogens with one attached hydrogen (secondary N) is 1. The van der Waals surface area contributed by atoms with Crippen molar-refractivity contribution in [3.63, 3.8) is 0 Å². The minimum absolute atomic E-state index is 0.433. The number of thiazole rings is 1. The van der Waals surface area contributed by atoms with Crippen LogP contribution in [0.25, 0.3) is 0 Å². The maximum atomic E-state index is 4.31. The highest BCUT2D eigenvalue weighted by Crippen LogP contribution is 2.22. The van der Waals surface area contributed by atoms with Crippen LogP contribution >= 0.6 is 11.3 Å². The third-order valence-corrected chi connectivity index (χ3v) is 3.62. The Bertz CT molecular complexity index is 239. The fourth-order valence-electron chi connectivity index (χ4n) is 1.97. The first-order valence-electron chi connectivity index (χ1n) is 5.01. The summed E-state index contributed by atoms with van der Waals surface area (Å²) in [5.41, 5.74) is 0. The zero-order valence-corrected chi connectivity index (χ0v) is 8.81. The summed E-state index contributed by atoms with van der Waals surface area (Å²) < 4.78 is 0. The van der Waals surface area contributed by atoms with Crippen LogP contribution in [0.5, 0.6) is 0 Å². The summed E-state index contributed by atoms with van der Waals surface area (Å²) in [6, 6.07) is 1.17. The second kappa shape index (κ2) is 4.20. The summed E-state index contributed by atoms with van der Waals surface area (Å²) in [5, 5.41) is 6.89. The van der Waals surface area contributed by atoms with Gasteiger partial charge in [-0.15, -0.1) is 11.3 Å². The fraction of sp³-hybridized carbons (Fsp3) is 0.700. The topological polar surface area (TPSA) is 24.9 Å². The quantitative estimate of drug-likeness (QED) is 0.804. The van der Waals surface area contributed by atoms with Crippen LogP contribution < -0.4 is 5.32 Å². The molecule has 0 bridgehead atoms. The Morgan fingerprint density at radius 1 is 1.54 bits per heavy atom. The fourth-order valence-corrected chi connectivity index (χ4v) is 2.62. The van der Waals surface area contributed by atoms with Gasteiger partial charge in [0.1, 0.15) is 5.01 Å². The summed E-state index contributed by atoms with van der Waals surface area (Å²) in [6.07, 6.45) is 7.35. The van der Waals surface area contributed by atoms with Crippen LogP contribution in [0.3, 0.4) is 0 Å². The lowest BCUT2D eigenvalue weighted by Crippen LogP contribution is -2.28. The van der Waals surface area contributed by atoms with Crippen LogP contribution in [0.4, 0.5) is 0 Å². The number of rotatable bonds is 3. The van der Waals surface area contributed by atoms with Gasteiger partial charge >= 0.3 is 0 Å². The predicted molar refractivity (Wildman–Crippen MR) is 55.9 cm³/mol.